The van der Waals surface area contributed by atoms with Crippen LogP contribution in [-0.4, -0.2) is 24.7 Å². The topological polar surface area (TPSA) is 101 Å². The van der Waals surface area contributed by atoms with Crippen LogP contribution >= 0.6 is 0 Å². The fraction of sp³-hybridized carbons (Fsp3) is 0.250. The van der Waals surface area contributed by atoms with Crippen molar-refractivity contribution in [2.24, 2.45) is 0 Å². The van der Waals surface area contributed by atoms with Crippen molar-refractivity contribution in [2.45, 2.75) is 5.25 Å². The van der Waals surface area contributed by atoms with Crippen molar-refractivity contribution in [3.63, 3.8) is 0 Å². The standard InChI is InChI=1S/C8H11NO4S/c9-7-3-1-6(2-4-7)8(5-10)14(11,12)13/h1-4,8,10H,5,9H2,(H,11,12,13). The average molecular weight is 217 g/mol. The summed E-state index contributed by atoms with van der Waals surface area (Å²) in [4.78, 5) is 0. The molecule has 4 N–H and O–H groups in total. The first-order chi connectivity index (χ1) is 6.45. The number of rotatable bonds is 3. The lowest BCUT2D eigenvalue weighted by atomic mass is 10.1. The summed E-state index contributed by atoms with van der Waals surface area (Å²) >= 11 is 0. The second-order valence-corrected chi connectivity index (χ2v) is 4.45. The second kappa shape index (κ2) is 3.95. The lowest BCUT2D eigenvalue weighted by Crippen LogP contribution is -2.15. The van der Waals surface area contributed by atoms with Crippen LogP contribution in [0.4, 0.5) is 5.69 Å². The first kappa shape index (κ1) is 11.0. The van der Waals surface area contributed by atoms with Crippen LogP contribution in [0, 0.1) is 0 Å². The minimum absolute atomic E-state index is 0.309. The van der Waals surface area contributed by atoms with E-state index in [0.717, 1.165) is 0 Å². The normalized spacial score (nSPS) is 13.9. The molecule has 0 saturated carbocycles. The molecule has 1 aromatic rings. The summed E-state index contributed by atoms with van der Waals surface area (Å²) in [7, 11) is -4.27. The molecular formula is C8H11NO4S. The molecule has 0 aromatic heterocycles. The van der Waals surface area contributed by atoms with Crippen molar-refractivity contribution in [3.05, 3.63) is 29.8 Å². The molecule has 0 aliphatic rings. The lowest BCUT2D eigenvalue weighted by Gasteiger charge is -2.10. The summed E-state index contributed by atoms with van der Waals surface area (Å²) < 4.78 is 30.4. The number of hydrogen-bond donors (Lipinski definition) is 3. The van der Waals surface area contributed by atoms with Crippen LogP contribution in [0.2, 0.25) is 0 Å². The van der Waals surface area contributed by atoms with Crippen molar-refractivity contribution in [1.29, 1.82) is 0 Å². The van der Waals surface area contributed by atoms with Gasteiger partial charge in [-0.25, -0.2) is 0 Å². The SMILES string of the molecule is Nc1ccc(C(CO)S(=O)(=O)O)cc1. The monoisotopic (exact) mass is 217 g/mol. The van der Waals surface area contributed by atoms with Gasteiger partial charge in [-0.1, -0.05) is 12.1 Å². The number of hydrogen-bond acceptors (Lipinski definition) is 4. The van der Waals surface area contributed by atoms with Gasteiger partial charge in [-0.05, 0) is 17.7 Å². The number of anilines is 1. The molecule has 78 valence electrons. The molecule has 5 nitrogen and oxygen atoms in total. The summed E-state index contributed by atoms with van der Waals surface area (Å²) in [5, 5.41) is 7.51. The Kier molecular flexibility index (Phi) is 3.10. The maximum absolute atomic E-state index is 10.8. The molecular weight excluding hydrogens is 206 g/mol. The first-order valence-corrected chi connectivity index (χ1v) is 5.38. The van der Waals surface area contributed by atoms with Gasteiger partial charge in [0.2, 0.25) is 0 Å². The molecule has 0 amide bonds. The Bertz CT molecular complexity index is 398. The van der Waals surface area contributed by atoms with Crippen LogP contribution in [0.1, 0.15) is 10.8 Å². The zero-order chi connectivity index (χ0) is 10.8. The highest BCUT2D eigenvalue weighted by atomic mass is 32.2. The van der Waals surface area contributed by atoms with Gasteiger partial charge < -0.3 is 10.8 Å². The van der Waals surface area contributed by atoms with Crippen molar-refractivity contribution in [2.75, 3.05) is 12.3 Å². The first-order valence-electron chi connectivity index (χ1n) is 3.87. The van der Waals surface area contributed by atoms with Gasteiger partial charge >= 0.3 is 0 Å². The van der Waals surface area contributed by atoms with Crippen LogP contribution in [0.25, 0.3) is 0 Å². The lowest BCUT2D eigenvalue weighted by molar-refractivity contribution is 0.285. The van der Waals surface area contributed by atoms with E-state index in [1.165, 1.54) is 24.3 Å². The quantitative estimate of drug-likeness (QED) is 0.495. The Balaban J connectivity index is 3.08. The molecule has 1 atom stereocenters. The number of aliphatic hydroxyl groups is 1. The summed E-state index contributed by atoms with van der Waals surface area (Å²) in [5.41, 5.74) is 6.20. The summed E-state index contributed by atoms with van der Waals surface area (Å²) in [6, 6.07) is 5.90. The molecule has 0 spiro atoms. The second-order valence-electron chi connectivity index (χ2n) is 2.85. The molecule has 0 aliphatic heterocycles. The molecule has 1 rings (SSSR count). The third kappa shape index (κ3) is 2.44. The summed E-state index contributed by atoms with van der Waals surface area (Å²) in [6.07, 6.45) is 0. The van der Waals surface area contributed by atoms with E-state index in [1.807, 2.05) is 0 Å². The molecule has 1 unspecified atom stereocenters. The average Bonchev–Trinajstić information content (AvgIpc) is 2.07. The Hall–Kier alpha value is -1.11. The third-order valence-electron chi connectivity index (χ3n) is 1.83. The van der Waals surface area contributed by atoms with Gasteiger partial charge in [-0.15, -0.1) is 0 Å². The molecule has 0 heterocycles. The maximum Gasteiger partial charge on any atom is 0.274 e. The molecule has 14 heavy (non-hydrogen) atoms. The van der Waals surface area contributed by atoms with Crippen LogP contribution < -0.4 is 5.73 Å². The zero-order valence-electron chi connectivity index (χ0n) is 7.29. The van der Waals surface area contributed by atoms with E-state index >= 15 is 0 Å². The number of benzene rings is 1. The smallest absolute Gasteiger partial charge is 0.274 e. The van der Waals surface area contributed by atoms with Gasteiger partial charge in [0, 0.05) is 5.69 Å². The van der Waals surface area contributed by atoms with Crippen molar-refractivity contribution in [1.82, 2.24) is 0 Å². The minimum atomic E-state index is -4.27. The van der Waals surface area contributed by atoms with E-state index < -0.39 is 22.0 Å². The molecule has 0 saturated heterocycles. The minimum Gasteiger partial charge on any atom is -0.399 e. The fourth-order valence-electron chi connectivity index (χ4n) is 1.08. The van der Waals surface area contributed by atoms with Gasteiger partial charge in [-0.3, -0.25) is 4.55 Å². The predicted molar refractivity (Wildman–Crippen MR) is 52.2 cm³/mol. The zero-order valence-corrected chi connectivity index (χ0v) is 8.11. The van der Waals surface area contributed by atoms with Gasteiger partial charge in [-0.2, -0.15) is 8.42 Å². The van der Waals surface area contributed by atoms with E-state index in [9.17, 15) is 8.42 Å². The van der Waals surface area contributed by atoms with Crippen LogP contribution in [0.15, 0.2) is 24.3 Å². The van der Waals surface area contributed by atoms with Gasteiger partial charge in [0.1, 0.15) is 5.25 Å². The Morgan fingerprint density at radius 2 is 1.79 bits per heavy atom. The Morgan fingerprint density at radius 1 is 1.29 bits per heavy atom. The Morgan fingerprint density at radius 3 is 2.14 bits per heavy atom. The molecule has 0 bridgehead atoms. The summed E-state index contributed by atoms with van der Waals surface area (Å²) in [6.45, 7) is -0.664. The third-order valence-corrected chi connectivity index (χ3v) is 2.97. The Labute approximate surface area is 81.9 Å². The van der Waals surface area contributed by atoms with E-state index in [-0.39, 0.29) is 0 Å². The highest BCUT2D eigenvalue weighted by Gasteiger charge is 2.23. The summed E-state index contributed by atoms with van der Waals surface area (Å²) in [5.74, 6) is 0. The number of aliphatic hydroxyl groups excluding tert-OH is 1. The molecule has 0 fully saturated rings. The number of nitrogen functional groups attached to an aromatic ring is 1. The number of nitrogens with two attached hydrogens (primary N) is 1. The van der Waals surface area contributed by atoms with Crippen LogP contribution in [0.5, 0.6) is 0 Å². The van der Waals surface area contributed by atoms with Gasteiger partial charge in [0.25, 0.3) is 10.1 Å². The highest BCUT2D eigenvalue weighted by Crippen LogP contribution is 2.21. The van der Waals surface area contributed by atoms with Crippen molar-refractivity contribution >= 4 is 15.8 Å². The van der Waals surface area contributed by atoms with Crippen LogP contribution in [-0.2, 0) is 10.1 Å². The van der Waals surface area contributed by atoms with E-state index in [0.29, 0.717) is 11.3 Å². The molecule has 6 heteroatoms. The van der Waals surface area contributed by atoms with Gasteiger partial charge in [0.05, 0.1) is 6.61 Å². The molecule has 0 aliphatic carbocycles. The van der Waals surface area contributed by atoms with E-state index in [1.54, 1.807) is 0 Å². The largest absolute Gasteiger partial charge is 0.399 e. The molecule has 0 radical (unpaired) electrons. The highest BCUT2D eigenvalue weighted by molar-refractivity contribution is 7.86. The van der Waals surface area contributed by atoms with E-state index in [4.69, 9.17) is 15.4 Å². The fourth-order valence-corrected chi connectivity index (χ4v) is 1.77. The molecule has 1 aromatic carbocycles. The van der Waals surface area contributed by atoms with Crippen LogP contribution in [0.3, 0.4) is 0 Å². The van der Waals surface area contributed by atoms with E-state index in [2.05, 4.69) is 0 Å². The van der Waals surface area contributed by atoms with Crippen molar-refractivity contribution in [3.8, 4) is 0 Å². The van der Waals surface area contributed by atoms with Crippen molar-refractivity contribution < 1.29 is 18.1 Å². The maximum atomic E-state index is 10.8. The predicted octanol–water partition coefficient (Wildman–Crippen LogP) is 0.190. The van der Waals surface area contributed by atoms with Gasteiger partial charge in [0.15, 0.2) is 0 Å².